The smallest absolute Gasteiger partial charge is 0.312 e. The highest BCUT2D eigenvalue weighted by atomic mass is 16.5. The number of methoxy groups -OCH3 is 1. The number of nitriles is 1. The van der Waals surface area contributed by atoms with E-state index in [1.807, 2.05) is 13.0 Å². The summed E-state index contributed by atoms with van der Waals surface area (Å²) in [5.74, 6) is 0.557. The molecule has 5 aliphatic carbocycles. The maximum atomic E-state index is 14.5. The minimum Gasteiger partial charge on any atom is -0.469 e. The highest BCUT2D eigenvalue weighted by Gasteiger charge is 2.71. The van der Waals surface area contributed by atoms with Crippen LogP contribution in [-0.4, -0.2) is 24.0 Å². The van der Waals surface area contributed by atoms with Gasteiger partial charge < -0.3 is 9.26 Å². The van der Waals surface area contributed by atoms with Crippen LogP contribution in [0, 0.1) is 56.2 Å². The van der Waals surface area contributed by atoms with Crippen LogP contribution in [0.2, 0.25) is 0 Å². The van der Waals surface area contributed by atoms with Gasteiger partial charge >= 0.3 is 5.97 Å². The van der Waals surface area contributed by atoms with E-state index in [0.717, 1.165) is 56.9 Å². The fourth-order valence-corrected chi connectivity index (χ4v) is 10.7. The second-order valence-electron chi connectivity index (χ2n) is 15.0. The van der Waals surface area contributed by atoms with Gasteiger partial charge in [-0.05, 0) is 97.9 Å². The lowest BCUT2D eigenvalue weighted by Crippen LogP contribution is -2.66. The average molecular weight is 519 g/mol. The van der Waals surface area contributed by atoms with Crippen molar-refractivity contribution < 1.29 is 18.8 Å². The lowest BCUT2D eigenvalue weighted by Gasteiger charge is -2.69. The molecule has 204 valence electrons. The van der Waals surface area contributed by atoms with Crippen LogP contribution in [0.15, 0.2) is 22.4 Å². The quantitative estimate of drug-likeness (QED) is 0.402. The Labute approximate surface area is 226 Å². The van der Waals surface area contributed by atoms with E-state index >= 15 is 0 Å². The van der Waals surface area contributed by atoms with E-state index in [-0.39, 0.29) is 51.2 Å². The molecule has 0 saturated heterocycles. The first-order valence-electron chi connectivity index (χ1n) is 14.4. The topological polar surface area (TPSA) is 93.2 Å². The molecule has 0 aromatic carbocycles. The van der Waals surface area contributed by atoms with Crippen molar-refractivity contribution in [3.05, 3.63) is 29.2 Å². The highest BCUT2D eigenvalue weighted by Crippen LogP contribution is 2.74. The zero-order valence-electron chi connectivity index (χ0n) is 24.1. The number of carbonyl (C=O) groups is 2. The number of fused-ring (bicyclic) bond motifs is 8. The number of allylic oxidation sites excluding steroid dienone is 2. The van der Waals surface area contributed by atoms with E-state index < -0.39 is 10.8 Å². The lowest BCUT2D eigenvalue weighted by molar-refractivity contribution is -0.191. The van der Waals surface area contributed by atoms with Gasteiger partial charge in [0.05, 0.1) is 24.8 Å². The van der Waals surface area contributed by atoms with Gasteiger partial charge in [-0.25, -0.2) is 0 Å². The maximum absolute atomic E-state index is 14.5. The van der Waals surface area contributed by atoms with Gasteiger partial charge in [0, 0.05) is 11.5 Å². The zero-order valence-corrected chi connectivity index (χ0v) is 24.1. The summed E-state index contributed by atoms with van der Waals surface area (Å²) in [6.45, 7) is 13.5. The molecule has 38 heavy (non-hydrogen) atoms. The summed E-state index contributed by atoms with van der Waals surface area (Å²) in [4.78, 5) is 27.9. The van der Waals surface area contributed by atoms with Gasteiger partial charge in [-0.3, -0.25) is 9.59 Å². The van der Waals surface area contributed by atoms with Gasteiger partial charge in [0.1, 0.15) is 5.41 Å². The molecule has 0 radical (unpaired) electrons. The number of ether oxygens (including phenoxy) is 1. The summed E-state index contributed by atoms with van der Waals surface area (Å²) in [5, 5.41) is 14.5. The largest absolute Gasteiger partial charge is 0.469 e. The minimum absolute atomic E-state index is 0.0227. The van der Waals surface area contributed by atoms with Gasteiger partial charge in [-0.1, -0.05) is 45.3 Å². The number of hydrogen-bond donors (Lipinski definition) is 0. The number of hydrogen-bond acceptors (Lipinski definition) is 6. The monoisotopic (exact) mass is 518 g/mol. The number of carbonyl (C=O) groups excluding carboxylic acids is 2. The molecule has 1 heterocycles. The predicted octanol–water partition coefficient (Wildman–Crippen LogP) is 6.35. The number of rotatable bonds is 1. The van der Waals surface area contributed by atoms with E-state index in [4.69, 9.17) is 9.26 Å². The van der Waals surface area contributed by atoms with Crippen LogP contribution < -0.4 is 0 Å². The lowest BCUT2D eigenvalue weighted by atomic mass is 9.34. The van der Waals surface area contributed by atoms with Crippen LogP contribution in [-0.2, 0) is 26.2 Å². The Morgan fingerprint density at radius 2 is 1.82 bits per heavy atom. The molecule has 8 atom stereocenters. The van der Waals surface area contributed by atoms with Crippen molar-refractivity contribution >= 4 is 11.8 Å². The zero-order chi connectivity index (χ0) is 27.5. The molecular formula is C32H42N2O4. The Morgan fingerprint density at radius 1 is 1.11 bits per heavy atom. The molecule has 6 nitrogen and oxygen atoms in total. The predicted molar refractivity (Wildman–Crippen MR) is 142 cm³/mol. The summed E-state index contributed by atoms with van der Waals surface area (Å²) in [6.07, 6.45) is 10.5. The third kappa shape index (κ3) is 2.86. The highest BCUT2D eigenvalue weighted by molar-refractivity contribution is 5.96. The molecule has 6 heteroatoms. The molecule has 0 unspecified atom stereocenters. The second-order valence-corrected chi connectivity index (χ2v) is 15.0. The molecule has 6 rings (SSSR count). The first-order chi connectivity index (χ1) is 17.7. The third-order valence-electron chi connectivity index (χ3n) is 12.9. The van der Waals surface area contributed by atoms with Gasteiger partial charge in [-0.15, -0.1) is 0 Å². The van der Waals surface area contributed by atoms with E-state index in [2.05, 4.69) is 45.8 Å². The molecule has 1 aromatic rings. The van der Waals surface area contributed by atoms with Crippen LogP contribution in [0.3, 0.4) is 0 Å². The summed E-state index contributed by atoms with van der Waals surface area (Å²) >= 11 is 0. The molecule has 0 spiro atoms. The fraction of sp³-hybridized carbons (Fsp3) is 0.750. The SMILES string of the molecule is COC(=O)[C@]12CCC(C)(C)C[C@H]1[C@H]1C(=O)C=C3[C@@]4(C)Cc5cnoc5[C@@](C)(C#N)[C@@H]4CC[C@@]3(C)[C@]1(C)CC2. The van der Waals surface area contributed by atoms with Crippen molar-refractivity contribution in [2.45, 2.75) is 98.3 Å². The first-order valence-corrected chi connectivity index (χ1v) is 14.4. The molecule has 1 aromatic heterocycles. The Balaban J connectivity index is 1.52. The van der Waals surface area contributed by atoms with E-state index in [9.17, 15) is 14.9 Å². The van der Waals surface area contributed by atoms with Crippen molar-refractivity contribution in [2.24, 2.45) is 44.8 Å². The molecule has 3 saturated carbocycles. The Kier molecular flexibility index (Phi) is 5.17. The van der Waals surface area contributed by atoms with Crippen LogP contribution in [0.4, 0.5) is 0 Å². The molecule has 0 aliphatic heterocycles. The fourth-order valence-electron chi connectivity index (χ4n) is 10.7. The van der Waals surface area contributed by atoms with Gasteiger partial charge in [0.2, 0.25) is 0 Å². The summed E-state index contributed by atoms with van der Waals surface area (Å²) in [5.41, 5.74) is 0.0944. The van der Waals surface area contributed by atoms with Crippen LogP contribution in [0.1, 0.15) is 97.8 Å². The van der Waals surface area contributed by atoms with Crippen LogP contribution in [0.5, 0.6) is 0 Å². The summed E-state index contributed by atoms with van der Waals surface area (Å²) in [6, 6.07) is 2.60. The molecule has 0 amide bonds. The van der Waals surface area contributed by atoms with E-state index in [1.165, 1.54) is 12.7 Å². The number of ketones is 1. The Morgan fingerprint density at radius 3 is 2.50 bits per heavy atom. The minimum atomic E-state index is -0.790. The van der Waals surface area contributed by atoms with Crippen LogP contribution in [0.25, 0.3) is 0 Å². The average Bonchev–Trinajstić information content (AvgIpc) is 3.33. The molecular weight excluding hydrogens is 476 g/mol. The van der Waals surface area contributed by atoms with Crippen molar-refractivity contribution in [3.63, 3.8) is 0 Å². The van der Waals surface area contributed by atoms with Gasteiger partial charge in [0.15, 0.2) is 11.5 Å². The van der Waals surface area contributed by atoms with Crippen molar-refractivity contribution in [1.82, 2.24) is 5.16 Å². The molecule has 0 bridgehead atoms. The Hall–Kier alpha value is -2.42. The Bertz CT molecular complexity index is 1300. The first kappa shape index (κ1) is 25.8. The second kappa shape index (κ2) is 7.61. The van der Waals surface area contributed by atoms with Crippen molar-refractivity contribution in [1.29, 1.82) is 5.26 Å². The number of aromatic nitrogens is 1. The van der Waals surface area contributed by atoms with Gasteiger partial charge in [-0.2, -0.15) is 5.26 Å². The molecule has 5 aliphatic rings. The van der Waals surface area contributed by atoms with E-state index in [0.29, 0.717) is 5.76 Å². The van der Waals surface area contributed by atoms with E-state index in [1.54, 1.807) is 6.20 Å². The van der Waals surface area contributed by atoms with Crippen molar-refractivity contribution in [2.75, 3.05) is 7.11 Å². The summed E-state index contributed by atoms with van der Waals surface area (Å²) < 4.78 is 11.1. The molecule has 3 fully saturated rings. The normalized spacial score (nSPS) is 46.7. The maximum Gasteiger partial charge on any atom is 0.312 e. The number of esters is 1. The summed E-state index contributed by atoms with van der Waals surface area (Å²) in [7, 11) is 1.50. The van der Waals surface area contributed by atoms with Gasteiger partial charge in [0.25, 0.3) is 0 Å². The number of nitrogens with zero attached hydrogens (tertiary/aromatic N) is 2. The molecule has 0 N–H and O–H groups in total. The standard InChI is InChI=1S/C32H42N2O4/c1-27(2)10-12-32(26(36)37-7)13-11-31(6)24(20(32)16-27)21(35)14-23-28(3)15-19-17-34-38-25(19)29(4,18-33)22(28)8-9-30(23,31)5/h14,17,20,22,24H,8-13,15-16H2,1-7H3/t20-,22+,24-,28-,29-,30+,31+,32-/m0/s1. The van der Waals surface area contributed by atoms with Crippen LogP contribution >= 0.6 is 0 Å². The third-order valence-corrected chi connectivity index (χ3v) is 12.9. The van der Waals surface area contributed by atoms with Crippen molar-refractivity contribution in [3.8, 4) is 6.07 Å².